The molecular weight excluding hydrogens is 443 g/mol. The fourth-order valence-electron chi connectivity index (χ4n) is 2.16. The number of benzene rings is 1. The zero-order valence-electron chi connectivity index (χ0n) is 15.1. The molecule has 0 aliphatic heterocycles. The van der Waals surface area contributed by atoms with Gasteiger partial charge in [-0.3, -0.25) is 0 Å². The Morgan fingerprint density at radius 2 is 2.00 bits per heavy atom. The largest absolute Gasteiger partial charge is 0.473 e. The number of rotatable bonds is 10. The number of halogens is 1. The molecule has 6 nitrogen and oxygen atoms in total. The molecule has 0 saturated heterocycles. The average molecular weight is 470 g/mol. The van der Waals surface area contributed by atoms with Gasteiger partial charge in [-0.1, -0.05) is 36.4 Å². The van der Waals surface area contributed by atoms with Crippen molar-refractivity contribution in [3.63, 3.8) is 0 Å². The fraction of sp³-hybridized carbons (Fsp3) is 0.368. The lowest BCUT2D eigenvalue weighted by Crippen LogP contribution is -2.32. The van der Waals surface area contributed by atoms with E-state index in [2.05, 4.69) is 15.3 Å². The Kier molecular flexibility index (Phi) is 11.4. The van der Waals surface area contributed by atoms with Crippen LogP contribution >= 0.6 is 24.0 Å². The molecule has 0 aliphatic carbocycles. The SMILES string of the molecule is CCOCCCNC(N)=NCc1cccnc1OCc1ccccc1.I. The van der Waals surface area contributed by atoms with E-state index in [1.54, 1.807) is 6.20 Å². The van der Waals surface area contributed by atoms with E-state index < -0.39 is 0 Å². The normalized spacial score (nSPS) is 10.9. The number of hydrogen-bond acceptors (Lipinski definition) is 4. The van der Waals surface area contributed by atoms with Crippen molar-refractivity contribution in [1.82, 2.24) is 10.3 Å². The summed E-state index contributed by atoms with van der Waals surface area (Å²) >= 11 is 0. The number of hydrogen-bond donors (Lipinski definition) is 2. The number of pyridine rings is 1. The van der Waals surface area contributed by atoms with Crippen molar-refractivity contribution in [2.24, 2.45) is 10.7 Å². The maximum Gasteiger partial charge on any atom is 0.218 e. The lowest BCUT2D eigenvalue weighted by Gasteiger charge is -2.10. The molecule has 3 N–H and O–H groups in total. The van der Waals surface area contributed by atoms with Crippen LogP contribution in [0.1, 0.15) is 24.5 Å². The van der Waals surface area contributed by atoms with E-state index >= 15 is 0 Å². The van der Waals surface area contributed by atoms with Gasteiger partial charge in [0.1, 0.15) is 6.61 Å². The quantitative estimate of drug-likeness (QED) is 0.242. The topological polar surface area (TPSA) is 81.8 Å². The highest BCUT2D eigenvalue weighted by atomic mass is 127. The lowest BCUT2D eigenvalue weighted by atomic mass is 10.2. The second-order valence-electron chi connectivity index (χ2n) is 5.42. The van der Waals surface area contributed by atoms with E-state index in [1.165, 1.54) is 0 Å². The van der Waals surface area contributed by atoms with Crippen molar-refractivity contribution in [2.45, 2.75) is 26.5 Å². The van der Waals surface area contributed by atoms with Crippen LogP contribution in [0.5, 0.6) is 5.88 Å². The van der Waals surface area contributed by atoms with Gasteiger partial charge in [0, 0.05) is 31.5 Å². The molecule has 0 unspecified atom stereocenters. The Bertz CT molecular complexity index is 653. The molecule has 2 aromatic rings. The molecule has 26 heavy (non-hydrogen) atoms. The van der Waals surface area contributed by atoms with Crippen LogP contribution in [0.4, 0.5) is 0 Å². The van der Waals surface area contributed by atoms with Crippen LogP contribution in [0.3, 0.4) is 0 Å². The Morgan fingerprint density at radius 1 is 1.19 bits per heavy atom. The molecule has 0 fully saturated rings. The minimum Gasteiger partial charge on any atom is -0.473 e. The summed E-state index contributed by atoms with van der Waals surface area (Å²) in [5.74, 6) is 0.994. The minimum atomic E-state index is 0. The summed E-state index contributed by atoms with van der Waals surface area (Å²) in [6.45, 7) is 5.06. The monoisotopic (exact) mass is 470 g/mol. The molecule has 2 rings (SSSR count). The van der Waals surface area contributed by atoms with Gasteiger partial charge in [0.05, 0.1) is 6.54 Å². The molecule has 1 aromatic heterocycles. The first-order valence-electron chi connectivity index (χ1n) is 8.51. The van der Waals surface area contributed by atoms with Crippen LogP contribution in [0, 0.1) is 0 Å². The number of nitrogens with zero attached hydrogens (tertiary/aromatic N) is 2. The van der Waals surface area contributed by atoms with Gasteiger partial charge in [-0.15, -0.1) is 24.0 Å². The van der Waals surface area contributed by atoms with Crippen LogP contribution in [0.2, 0.25) is 0 Å². The lowest BCUT2D eigenvalue weighted by molar-refractivity contribution is 0.145. The zero-order chi connectivity index (χ0) is 17.7. The van der Waals surface area contributed by atoms with Crippen molar-refractivity contribution in [2.75, 3.05) is 19.8 Å². The smallest absolute Gasteiger partial charge is 0.218 e. The van der Waals surface area contributed by atoms with Crippen molar-refractivity contribution in [3.05, 3.63) is 59.8 Å². The van der Waals surface area contributed by atoms with Crippen LogP contribution in [0.15, 0.2) is 53.7 Å². The number of nitrogens with two attached hydrogens (primary N) is 1. The number of aliphatic imine (C=N–C) groups is 1. The third kappa shape index (κ3) is 8.48. The summed E-state index contributed by atoms with van der Waals surface area (Å²) in [5.41, 5.74) is 7.88. The Morgan fingerprint density at radius 3 is 2.77 bits per heavy atom. The van der Waals surface area contributed by atoms with E-state index in [4.69, 9.17) is 15.2 Å². The molecule has 0 saturated carbocycles. The zero-order valence-corrected chi connectivity index (χ0v) is 17.4. The molecule has 142 valence electrons. The van der Waals surface area contributed by atoms with Gasteiger partial charge in [0.15, 0.2) is 5.96 Å². The molecule has 0 amide bonds. The highest BCUT2D eigenvalue weighted by Gasteiger charge is 2.05. The number of ether oxygens (including phenoxy) is 2. The molecule has 1 aromatic carbocycles. The van der Waals surface area contributed by atoms with Crippen LogP contribution < -0.4 is 15.8 Å². The molecule has 0 radical (unpaired) electrons. The van der Waals surface area contributed by atoms with Crippen molar-refractivity contribution in [1.29, 1.82) is 0 Å². The van der Waals surface area contributed by atoms with E-state index in [0.29, 0.717) is 25.0 Å². The van der Waals surface area contributed by atoms with E-state index in [-0.39, 0.29) is 24.0 Å². The summed E-state index contributed by atoms with van der Waals surface area (Å²) in [5, 5.41) is 3.08. The summed E-state index contributed by atoms with van der Waals surface area (Å²) in [6, 6.07) is 13.8. The average Bonchev–Trinajstić information content (AvgIpc) is 2.66. The maximum atomic E-state index is 5.89. The van der Waals surface area contributed by atoms with Crippen LogP contribution in [-0.2, 0) is 17.9 Å². The third-order valence-corrected chi connectivity index (χ3v) is 3.46. The van der Waals surface area contributed by atoms with Gasteiger partial charge in [-0.25, -0.2) is 9.98 Å². The standard InChI is InChI=1S/C19H26N4O2.HI/c1-2-24-13-7-12-22-19(20)23-14-17-10-6-11-21-18(17)25-15-16-8-4-3-5-9-16;/h3-6,8-11H,2,7,12-15H2,1H3,(H3,20,22,23);1H. The number of guanidine groups is 1. The van der Waals surface area contributed by atoms with Crippen molar-refractivity contribution >= 4 is 29.9 Å². The van der Waals surface area contributed by atoms with E-state index in [1.807, 2.05) is 49.4 Å². The predicted octanol–water partition coefficient (Wildman–Crippen LogP) is 3.11. The molecule has 0 bridgehead atoms. The van der Waals surface area contributed by atoms with Crippen molar-refractivity contribution < 1.29 is 9.47 Å². The van der Waals surface area contributed by atoms with Crippen molar-refractivity contribution in [3.8, 4) is 5.88 Å². The van der Waals surface area contributed by atoms with Crippen LogP contribution in [0.25, 0.3) is 0 Å². The molecular formula is C19H27IN4O2. The molecule has 0 atom stereocenters. The van der Waals surface area contributed by atoms with Gasteiger partial charge in [-0.2, -0.15) is 0 Å². The number of nitrogens with one attached hydrogen (secondary N) is 1. The highest BCUT2D eigenvalue weighted by Crippen LogP contribution is 2.17. The van der Waals surface area contributed by atoms with Gasteiger partial charge < -0.3 is 20.5 Å². The summed E-state index contributed by atoms with van der Waals surface area (Å²) in [6.07, 6.45) is 2.60. The first kappa shape index (κ1) is 22.2. The molecule has 0 spiro atoms. The second-order valence-corrected chi connectivity index (χ2v) is 5.42. The summed E-state index contributed by atoms with van der Waals surface area (Å²) < 4.78 is 11.1. The maximum absolute atomic E-state index is 5.89. The number of aromatic nitrogens is 1. The second kappa shape index (κ2) is 13.3. The third-order valence-electron chi connectivity index (χ3n) is 3.46. The predicted molar refractivity (Wildman–Crippen MR) is 115 cm³/mol. The Balaban J connectivity index is 0.00000338. The summed E-state index contributed by atoms with van der Waals surface area (Å²) in [7, 11) is 0. The minimum absolute atomic E-state index is 0. The molecule has 7 heteroatoms. The van der Waals surface area contributed by atoms with Gasteiger partial charge in [-0.05, 0) is 25.0 Å². The van der Waals surface area contributed by atoms with Gasteiger partial charge in [0.2, 0.25) is 5.88 Å². The van der Waals surface area contributed by atoms with Gasteiger partial charge in [0.25, 0.3) is 0 Å². The van der Waals surface area contributed by atoms with E-state index in [0.717, 1.165) is 37.3 Å². The molecule has 0 aliphatic rings. The van der Waals surface area contributed by atoms with Crippen LogP contribution in [-0.4, -0.2) is 30.7 Å². The van der Waals surface area contributed by atoms with E-state index in [9.17, 15) is 0 Å². The highest BCUT2D eigenvalue weighted by molar-refractivity contribution is 14.0. The fourth-order valence-corrected chi connectivity index (χ4v) is 2.16. The van der Waals surface area contributed by atoms with Gasteiger partial charge >= 0.3 is 0 Å². The molecule has 1 heterocycles. The Hall–Kier alpha value is -1.87. The first-order chi connectivity index (χ1) is 12.3. The summed E-state index contributed by atoms with van der Waals surface area (Å²) in [4.78, 5) is 8.65. The first-order valence-corrected chi connectivity index (χ1v) is 8.51. The Labute approximate surface area is 172 Å².